The molecule has 0 aliphatic carbocycles. The Kier molecular flexibility index (Phi) is 12.1. The van der Waals surface area contributed by atoms with Gasteiger partial charge in [0.05, 0.1) is 0 Å². The molecule has 0 radical (unpaired) electrons. The topological polar surface area (TPSA) is 0 Å². The van der Waals surface area contributed by atoms with Gasteiger partial charge in [0, 0.05) is 33.4 Å². The van der Waals surface area contributed by atoms with E-state index in [2.05, 4.69) is 272 Å². The van der Waals surface area contributed by atoms with Crippen molar-refractivity contribution in [2.24, 2.45) is 0 Å². The summed E-state index contributed by atoms with van der Waals surface area (Å²) in [4.78, 5) is 0. The Labute approximate surface area is 388 Å². The predicted molar refractivity (Wildman–Crippen MR) is 276 cm³/mol. The molecule has 306 valence electrons. The highest BCUT2D eigenvalue weighted by Gasteiger charge is 2.09. The standard InChI is InChI=1S/C66H42/c1-4-10-55(11-5-1)58-34-22-49(23-35-58)16-19-52-28-40-61(41-29-52)64-46-65(62-42-30-53(31-43-62)20-17-50-24-36-59(37-25-50)56-12-6-2-7-13-56)48-66(47-64)63-44-32-54(33-45-63)21-18-51-26-38-60(39-27-51)57-14-8-3-9-15-57/h1-15,22-48H. The fourth-order valence-corrected chi connectivity index (χ4v) is 7.93. The number of hydrogen-bond donors (Lipinski definition) is 0. The Balaban J connectivity index is 0.908. The minimum Gasteiger partial charge on any atom is -0.0622 e. The first-order chi connectivity index (χ1) is 32.6. The smallest absolute Gasteiger partial charge is 0.0249 e. The molecule has 10 aromatic rings. The third-order valence-corrected chi connectivity index (χ3v) is 11.6. The average Bonchev–Trinajstić information content (AvgIpc) is 3.40. The molecule has 0 aliphatic rings. The highest BCUT2D eigenvalue weighted by Crippen LogP contribution is 2.34. The lowest BCUT2D eigenvalue weighted by Gasteiger charge is -2.12. The lowest BCUT2D eigenvalue weighted by atomic mass is 9.92. The summed E-state index contributed by atoms with van der Waals surface area (Å²) in [5.41, 5.74) is 19.8. The van der Waals surface area contributed by atoms with Gasteiger partial charge < -0.3 is 0 Å². The normalized spacial score (nSPS) is 10.4. The SMILES string of the molecule is C(#Cc1ccc(-c2cc(-c3ccc(C#Cc4ccc(-c5ccccc5)cc4)cc3)cc(-c3ccc(C#Cc4ccc(-c5ccccc5)cc4)cc3)c2)cc1)c1ccc(-c2ccccc2)cc1. The Morgan fingerprint density at radius 2 is 0.288 bits per heavy atom. The largest absolute Gasteiger partial charge is 0.0622 e. The van der Waals surface area contributed by atoms with Crippen LogP contribution in [0.15, 0.2) is 255 Å². The molecular formula is C66H42. The molecule has 0 heterocycles. The van der Waals surface area contributed by atoms with Gasteiger partial charge in [-0.1, -0.05) is 199 Å². The van der Waals surface area contributed by atoms with E-state index >= 15 is 0 Å². The van der Waals surface area contributed by atoms with Crippen LogP contribution in [0.4, 0.5) is 0 Å². The summed E-state index contributed by atoms with van der Waals surface area (Å²) in [5, 5.41) is 0. The van der Waals surface area contributed by atoms with Gasteiger partial charge in [0.2, 0.25) is 0 Å². The van der Waals surface area contributed by atoms with Gasteiger partial charge in [0.25, 0.3) is 0 Å². The molecule has 0 unspecified atom stereocenters. The first kappa shape index (κ1) is 40.9. The van der Waals surface area contributed by atoms with Crippen molar-refractivity contribution in [3.63, 3.8) is 0 Å². The predicted octanol–water partition coefficient (Wildman–Crippen LogP) is 15.9. The van der Waals surface area contributed by atoms with Gasteiger partial charge in [0.15, 0.2) is 0 Å². The van der Waals surface area contributed by atoms with Gasteiger partial charge >= 0.3 is 0 Å². The summed E-state index contributed by atoms with van der Waals surface area (Å²) in [6, 6.07) is 89.1. The van der Waals surface area contributed by atoms with Gasteiger partial charge in [-0.3, -0.25) is 0 Å². The Morgan fingerprint density at radius 3 is 0.470 bits per heavy atom. The third-order valence-electron chi connectivity index (χ3n) is 11.6. The third kappa shape index (κ3) is 10.1. The monoisotopic (exact) mass is 834 g/mol. The average molecular weight is 835 g/mol. The molecule has 0 fully saturated rings. The molecule has 66 heavy (non-hydrogen) atoms. The summed E-state index contributed by atoms with van der Waals surface area (Å²) >= 11 is 0. The zero-order chi connectivity index (χ0) is 44.3. The number of hydrogen-bond acceptors (Lipinski definition) is 0. The quantitative estimate of drug-likeness (QED) is 0.146. The van der Waals surface area contributed by atoms with Crippen molar-refractivity contribution < 1.29 is 0 Å². The Hall–Kier alpha value is -9.12. The number of rotatable bonds is 6. The van der Waals surface area contributed by atoms with Crippen molar-refractivity contribution in [1.29, 1.82) is 0 Å². The molecule has 0 bridgehead atoms. The molecule has 0 aliphatic heterocycles. The van der Waals surface area contributed by atoms with Crippen LogP contribution in [0.25, 0.3) is 66.8 Å². The van der Waals surface area contributed by atoms with Gasteiger partial charge in [-0.2, -0.15) is 0 Å². The highest BCUT2D eigenvalue weighted by molar-refractivity contribution is 5.82. The summed E-state index contributed by atoms with van der Waals surface area (Å²) in [5.74, 6) is 20.2. The second kappa shape index (κ2) is 19.5. The van der Waals surface area contributed by atoms with Crippen molar-refractivity contribution in [2.45, 2.75) is 0 Å². The maximum absolute atomic E-state index is 3.37. The van der Waals surface area contributed by atoms with Gasteiger partial charge in [0.1, 0.15) is 0 Å². The van der Waals surface area contributed by atoms with E-state index in [9.17, 15) is 0 Å². The van der Waals surface area contributed by atoms with Gasteiger partial charge in [-0.05, 0) is 158 Å². The zero-order valence-electron chi connectivity index (χ0n) is 36.2. The summed E-state index contributed by atoms with van der Waals surface area (Å²) < 4.78 is 0. The van der Waals surface area contributed by atoms with E-state index in [4.69, 9.17) is 0 Å². The van der Waals surface area contributed by atoms with Crippen LogP contribution >= 0.6 is 0 Å². The lowest BCUT2D eigenvalue weighted by molar-refractivity contribution is 1.54. The van der Waals surface area contributed by atoms with E-state index in [-0.39, 0.29) is 0 Å². The first-order valence-corrected chi connectivity index (χ1v) is 22.1. The molecule has 0 N–H and O–H groups in total. The van der Waals surface area contributed by atoms with Crippen LogP contribution in [0.1, 0.15) is 33.4 Å². The Bertz CT molecular complexity index is 3030. The van der Waals surface area contributed by atoms with Crippen LogP contribution in [0, 0.1) is 35.5 Å². The molecular weight excluding hydrogens is 793 g/mol. The summed E-state index contributed by atoms with van der Waals surface area (Å²) in [7, 11) is 0. The summed E-state index contributed by atoms with van der Waals surface area (Å²) in [6.07, 6.45) is 0. The second-order valence-electron chi connectivity index (χ2n) is 16.1. The molecule has 10 rings (SSSR count). The van der Waals surface area contributed by atoms with E-state index in [0.717, 1.165) is 66.8 Å². The van der Waals surface area contributed by atoms with E-state index in [1.54, 1.807) is 0 Å². The fourth-order valence-electron chi connectivity index (χ4n) is 7.93. The fraction of sp³-hybridized carbons (Fsp3) is 0. The number of benzene rings is 10. The van der Waals surface area contributed by atoms with Gasteiger partial charge in [-0.25, -0.2) is 0 Å². The van der Waals surface area contributed by atoms with E-state index < -0.39 is 0 Å². The molecule has 10 aromatic carbocycles. The van der Waals surface area contributed by atoms with Crippen LogP contribution in [0.3, 0.4) is 0 Å². The molecule has 0 aromatic heterocycles. The highest BCUT2D eigenvalue weighted by atomic mass is 14.1. The Morgan fingerprint density at radius 1 is 0.136 bits per heavy atom. The zero-order valence-corrected chi connectivity index (χ0v) is 36.2. The molecule has 0 spiro atoms. The molecule has 0 amide bonds. The second-order valence-corrected chi connectivity index (χ2v) is 16.1. The van der Waals surface area contributed by atoms with Crippen LogP contribution < -0.4 is 0 Å². The summed E-state index contributed by atoms with van der Waals surface area (Å²) in [6.45, 7) is 0. The van der Waals surface area contributed by atoms with Crippen LogP contribution in [0.5, 0.6) is 0 Å². The van der Waals surface area contributed by atoms with E-state index in [1.807, 2.05) is 18.2 Å². The van der Waals surface area contributed by atoms with Crippen molar-refractivity contribution in [1.82, 2.24) is 0 Å². The van der Waals surface area contributed by atoms with Crippen molar-refractivity contribution in [3.8, 4) is 102 Å². The lowest BCUT2D eigenvalue weighted by Crippen LogP contribution is -1.87. The van der Waals surface area contributed by atoms with Crippen molar-refractivity contribution in [2.75, 3.05) is 0 Å². The van der Waals surface area contributed by atoms with Crippen molar-refractivity contribution in [3.05, 3.63) is 288 Å². The van der Waals surface area contributed by atoms with Crippen LogP contribution in [0.2, 0.25) is 0 Å². The molecule has 0 atom stereocenters. The minimum atomic E-state index is 0.968. The molecule has 0 saturated carbocycles. The molecule has 0 saturated heterocycles. The van der Waals surface area contributed by atoms with Crippen LogP contribution in [-0.4, -0.2) is 0 Å². The van der Waals surface area contributed by atoms with E-state index in [0.29, 0.717) is 0 Å². The first-order valence-electron chi connectivity index (χ1n) is 22.1. The maximum Gasteiger partial charge on any atom is 0.0249 e. The van der Waals surface area contributed by atoms with E-state index in [1.165, 1.54) is 33.4 Å². The van der Waals surface area contributed by atoms with Crippen molar-refractivity contribution >= 4 is 0 Å². The minimum absolute atomic E-state index is 0.968. The van der Waals surface area contributed by atoms with Gasteiger partial charge in [-0.15, -0.1) is 0 Å². The molecule has 0 nitrogen and oxygen atoms in total. The molecule has 0 heteroatoms. The maximum atomic E-state index is 3.37. The van der Waals surface area contributed by atoms with Crippen LogP contribution in [-0.2, 0) is 0 Å².